The minimum absolute atomic E-state index is 0.596. The van der Waals surface area contributed by atoms with Crippen LogP contribution < -0.4 is 0 Å². The number of nitrogens with zero attached hydrogens (tertiary/aromatic N) is 9. The lowest BCUT2D eigenvalue weighted by Gasteiger charge is -2.13. The first-order valence-corrected chi connectivity index (χ1v) is 47.0. The minimum atomic E-state index is 0.596. The van der Waals surface area contributed by atoms with Gasteiger partial charge in [0.05, 0.1) is 0 Å². The summed E-state index contributed by atoms with van der Waals surface area (Å²) in [6.45, 7) is 0. The van der Waals surface area contributed by atoms with Crippen molar-refractivity contribution in [1.29, 1.82) is 0 Å². The van der Waals surface area contributed by atoms with E-state index >= 15 is 0 Å². The Hall–Kier alpha value is -19.2. The number of aromatic nitrogens is 9. The van der Waals surface area contributed by atoms with Crippen molar-refractivity contribution in [3.8, 4) is 192 Å². The minimum Gasteiger partial charge on any atom is -0.455 e. The summed E-state index contributed by atoms with van der Waals surface area (Å²) >= 11 is 0. The van der Waals surface area contributed by atoms with Crippen molar-refractivity contribution >= 4 is 65.8 Å². The first-order valence-electron chi connectivity index (χ1n) is 47.0. The zero-order valence-corrected chi connectivity index (χ0v) is 76.2. The van der Waals surface area contributed by atoms with E-state index < -0.39 is 0 Å². The molecule has 0 radical (unpaired) electrons. The van der Waals surface area contributed by atoms with Crippen LogP contribution in [0.5, 0.6) is 0 Å². The summed E-state index contributed by atoms with van der Waals surface area (Å²) in [5.41, 5.74) is 31.0. The van der Waals surface area contributed by atoms with E-state index in [1.165, 1.54) is 16.7 Å². The van der Waals surface area contributed by atoms with Crippen LogP contribution in [-0.2, 0) is 0 Å². The van der Waals surface area contributed by atoms with Gasteiger partial charge in [0.25, 0.3) is 0 Å². The summed E-state index contributed by atoms with van der Waals surface area (Å²) in [7, 11) is 0. The van der Waals surface area contributed by atoms with Gasteiger partial charge in [-0.25, -0.2) is 44.9 Å². The first kappa shape index (κ1) is 84.8. The molecule has 0 atom stereocenters. The highest BCUT2D eigenvalue weighted by Gasteiger charge is 2.27. The molecule has 0 unspecified atom stereocenters. The predicted molar refractivity (Wildman–Crippen MR) is 574 cm³/mol. The molecular formula is C129H83N9O3. The third kappa shape index (κ3) is 17.2. The topological polar surface area (TPSA) is 155 Å². The molecule has 26 aromatic rings. The molecule has 0 aliphatic carbocycles. The number of benzene rings is 20. The van der Waals surface area contributed by atoms with Crippen LogP contribution in [-0.4, -0.2) is 44.9 Å². The Morgan fingerprint density at radius 3 is 0.546 bits per heavy atom. The van der Waals surface area contributed by atoms with Crippen molar-refractivity contribution < 1.29 is 13.3 Å². The van der Waals surface area contributed by atoms with Crippen LogP contribution in [0.25, 0.3) is 257 Å². The number of fused-ring (bicyclic) bond motifs is 9. The summed E-state index contributed by atoms with van der Waals surface area (Å²) < 4.78 is 20.0. The van der Waals surface area contributed by atoms with Gasteiger partial charge in [0, 0.05) is 99.1 Å². The van der Waals surface area contributed by atoms with E-state index in [9.17, 15) is 0 Å². The normalized spacial score (nSPS) is 11.3. The van der Waals surface area contributed by atoms with Crippen molar-refractivity contribution in [1.82, 2.24) is 44.9 Å². The van der Waals surface area contributed by atoms with Gasteiger partial charge in [-0.2, -0.15) is 0 Å². The molecule has 12 nitrogen and oxygen atoms in total. The van der Waals surface area contributed by atoms with Gasteiger partial charge in [-0.1, -0.05) is 413 Å². The van der Waals surface area contributed by atoms with Gasteiger partial charge in [-0.15, -0.1) is 0 Å². The molecule has 0 N–H and O–H groups in total. The van der Waals surface area contributed by atoms with Crippen molar-refractivity contribution in [2.24, 2.45) is 0 Å². The Bertz CT molecular complexity index is 8840. The Labute approximate surface area is 813 Å². The molecule has 0 spiro atoms. The second-order valence-electron chi connectivity index (χ2n) is 34.5. The summed E-state index contributed by atoms with van der Waals surface area (Å²) in [4.78, 5) is 45.1. The van der Waals surface area contributed by atoms with E-state index in [-0.39, 0.29) is 0 Å². The maximum atomic E-state index is 6.75. The molecule has 0 saturated heterocycles. The molecule has 12 heteroatoms. The molecule has 6 aromatic heterocycles. The van der Waals surface area contributed by atoms with Gasteiger partial charge in [0.1, 0.15) is 33.5 Å². The van der Waals surface area contributed by atoms with Crippen LogP contribution in [0.2, 0.25) is 0 Å². The average molecular weight is 1810 g/mol. The monoisotopic (exact) mass is 1810 g/mol. The molecule has 0 fully saturated rings. The fraction of sp³-hybridized carbons (Fsp3) is 0. The molecule has 0 aliphatic heterocycles. The lowest BCUT2D eigenvalue weighted by Crippen LogP contribution is -2.00. The number of para-hydroxylation sites is 3. The van der Waals surface area contributed by atoms with Gasteiger partial charge in [0.2, 0.25) is 0 Å². The molecule has 0 saturated carbocycles. The first-order chi connectivity index (χ1) is 69.9. The van der Waals surface area contributed by atoms with E-state index in [0.717, 1.165) is 188 Å². The lowest BCUT2D eigenvalue weighted by molar-refractivity contribution is 0.669. The number of rotatable bonds is 17. The lowest BCUT2D eigenvalue weighted by atomic mass is 9.91. The Morgan fingerprint density at radius 1 is 0.113 bits per heavy atom. The quantitative estimate of drug-likeness (QED) is 0.0852. The summed E-state index contributed by atoms with van der Waals surface area (Å²) in [6, 6.07) is 172. The summed E-state index contributed by atoms with van der Waals surface area (Å²) in [6.07, 6.45) is 0. The molecule has 0 bridgehead atoms. The van der Waals surface area contributed by atoms with Gasteiger partial charge in [0.15, 0.2) is 52.4 Å². The molecular weight excluding hydrogens is 1720 g/mol. The van der Waals surface area contributed by atoms with Crippen molar-refractivity contribution in [2.45, 2.75) is 0 Å². The third-order valence-electron chi connectivity index (χ3n) is 25.6. The highest BCUT2D eigenvalue weighted by atomic mass is 16.3. The molecule has 26 rings (SSSR count). The maximum absolute atomic E-state index is 6.75. The largest absolute Gasteiger partial charge is 0.455 e. The van der Waals surface area contributed by atoms with E-state index in [1.54, 1.807) is 0 Å². The Morgan fingerprint density at radius 2 is 0.284 bits per heavy atom. The fourth-order valence-corrected chi connectivity index (χ4v) is 18.8. The SMILES string of the molecule is c1ccc(-c2cc(-c3ccccc3)cc(-c3ccc(-c4nc(-c5ccccc5)nc(-c5ccccc5)n4)c4c3oc3ccccc34)c2)cc1.c1ccc(-c2cccc(-c3ccc(-c4nc(-c5ccccc5)nc(-c5ccccc5)n4)c4c3oc3ccccc34)c2)cc1.c1ccc(-c2cccc(-c3cccc(-c4ccc(-c5nc(-c6ccccc6)nc(-c6ccccc6)n5)c5c4oc4ccccc45)c3)c2)cc1. The van der Waals surface area contributed by atoms with E-state index in [2.05, 4.69) is 261 Å². The molecule has 20 aromatic carbocycles. The number of hydrogen-bond acceptors (Lipinski definition) is 12. The second kappa shape index (κ2) is 37.9. The van der Waals surface area contributed by atoms with Crippen LogP contribution in [0, 0.1) is 0 Å². The van der Waals surface area contributed by atoms with E-state index in [1.807, 2.05) is 243 Å². The standard InChI is InChI=1S/2C45H29N3O.C39H25N3O/c1-5-15-30(16-6-1)34-27-35(31-17-7-2-8-18-31)29-36(28-34)37-25-26-39(41-38-23-13-14-24-40(38)49-42(37)41)45-47-43(32-19-9-3-10-20-32)46-44(48-45)33-21-11-4-12-22-33;1-4-14-30(15-5-1)33-20-12-21-34(28-33)35-22-13-23-36(29-35)37-26-27-39(41-38-24-10-11-25-40(38)49-42(37)41)45-47-43(31-16-6-2-7-17-31)46-44(48-45)32-18-8-3-9-19-32;1-4-13-26(14-5-1)29-19-12-20-30(25-29)31-23-24-33(35-32-21-10-11-22-34(32)43-36(31)35)39-41-37(27-15-6-2-7-16-27)40-38(42-39)28-17-8-3-9-18-28/h2*1-29H;1-25H. The molecule has 6 heterocycles. The molecule has 662 valence electrons. The van der Waals surface area contributed by atoms with Crippen molar-refractivity contribution in [2.75, 3.05) is 0 Å². The summed E-state index contributed by atoms with van der Waals surface area (Å²) in [5, 5.41) is 6.00. The van der Waals surface area contributed by atoms with Crippen LogP contribution in [0.15, 0.2) is 517 Å². The smallest absolute Gasteiger partial charge is 0.164 e. The molecule has 0 amide bonds. The van der Waals surface area contributed by atoms with E-state index in [4.69, 9.17) is 58.1 Å². The second-order valence-corrected chi connectivity index (χ2v) is 34.5. The van der Waals surface area contributed by atoms with Crippen LogP contribution >= 0.6 is 0 Å². The summed E-state index contributed by atoms with van der Waals surface area (Å²) in [5.74, 6) is 5.56. The Balaban J connectivity index is 0.000000115. The van der Waals surface area contributed by atoms with Crippen molar-refractivity contribution in [3.05, 3.63) is 504 Å². The fourth-order valence-electron chi connectivity index (χ4n) is 18.8. The molecule has 141 heavy (non-hydrogen) atoms. The zero-order chi connectivity index (χ0) is 93.7. The highest BCUT2D eigenvalue weighted by Crippen LogP contribution is 2.48. The number of furan rings is 3. The molecule has 0 aliphatic rings. The third-order valence-corrected chi connectivity index (χ3v) is 25.6. The van der Waals surface area contributed by atoms with Crippen LogP contribution in [0.4, 0.5) is 0 Å². The van der Waals surface area contributed by atoms with Crippen LogP contribution in [0.3, 0.4) is 0 Å². The predicted octanol–water partition coefficient (Wildman–Crippen LogP) is 33.7. The van der Waals surface area contributed by atoms with Crippen molar-refractivity contribution in [3.63, 3.8) is 0 Å². The van der Waals surface area contributed by atoms with Gasteiger partial charge < -0.3 is 13.3 Å². The zero-order valence-electron chi connectivity index (χ0n) is 76.2. The van der Waals surface area contributed by atoms with E-state index in [0.29, 0.717) is 52.4 Å². The van der Waals surface area contributed by atoms with Crippen LogP contribution in [0.1, 0.15) is 0 Å². The van der Waals surface area contributed by atoms with Gasteiger partial charge in [-0.05, 0) is 163 Å². The number of hydrogen-bond donors (Lipinski definition) is 0. The van der Waals surface area contributed by atoms with Gasteiger partial charge >= 0.3 is 0 Å². The van der Waals surface area contributed by atoms with Gasteiger partial charge in [-0.3, -0.25) is 0 Å². The highest BCUT2D eigenvalue weighted by molar-refractivity contribution is 6.19. The Kier molecular flexibility index (Phi) is 22.8. The average Bonchev–Trinajstić information content (AvgIpc) is 1.61. The maximum Gasteiger partial charge on any atom is 0.164 e.